The predicted octanol–water partition coefficient (Wildman–Crippen LogP) is 4.17. The van der Waals surface area contributed by atoms with Gasteiger partial charge in [0.2, 0.25) is 0 Å². The van der Waals surface area contributed by atoms with E-state index in [2.05, 4.69) is 46.3 Å². The number of terminal acetylenes is 1. The van der Waals surface area contributed by atoms with E-state index in [0.717, 1.165) is 33.7 Å². The highest BCUT2D eigenvalue weighted by atomic mass is 79.9. The fourth-order valence-corrected chi connectivity index (χ4v) is 2.42. The molecule has 1 heterocycles. The van der Waals surface area contributed by atoms with Crippen LogP contribution >= 0.6 is 15.9 Å². The van der Waals surface area contributed by atoms with Crippen molar-refractivity contribution >= 4 is 21.6 Å². The lowest BCUT2D eigenvalue weighted by Gasteiger charge is -2.30. The van der Waals surface area contributed by atoms with Crippen LogP contribution in [0.3, 0.4) is 0 Å². The third-order valence-corrected chi connectivity index (χ3v) is 3.79. The lowest BCUT2D eigenvalue weighted by atomic mass is 10.1. The van der Waals surface area contributed by atoms with Crippen LogP contribution < -0.4 is 4.74 Å². The van der Waals surface area contributed by atoms with Crippen LogP contribution in [-0.4, -0.2) is 18.1 Å². The second kappa shape index (κ2) is 6.49. The summed E-state index contributed by atoms with van der Waals surface area (Å²) in [7, 11) is 0. The van der Waals surface area contributed by atoms with Gasteiger partial charge in [0.25, 0.3) is 0 Å². The molecule has 1 aromatic rings. The highest BCUT2D eigenvalue weighted by Crippen LogP contribution is 2.33. The molecule has 0 N–H and O–H groups in total. The van der Waals surface area contributed by atoms with Gasteiger partial charge in [0.05, 0.1) is 0 Å². The molecule has 1 aliphatic rings. The van der Waals surface area contributed by atoms with Crippen molar-refractivity contribution in [1.82, 2.24) is 4.90 Å². The largest absolute Gasteiger partial charge is 0.481 e. The first kappa shape index (κ1) is 14.5. The molecule has 1 aliphatic heterocycles. The molecule has 0 unspecified atom stereocenters. The summed E-state index contributed by atoms with van der Waals surface area (Å²) in [6.07, 6.45) is 9.28. The van der Waals surface area contributed by atoms with Crippen LogP contribution in [0.4, 0.5) is 0 Å². The van der Waals surface area contributed by atoms with E-state index < -0.39 is 0 Å². The normalized spacial score (nSPS) is 14.4. The molecule has 0 bridgehead atoms. The fourth-order valence-electron chi connectivity index (χ4n) is 2.07. The number of likely N-dealkylation sites (N-methyl/N-ethyl adjacent to an activating group) is 1. The summed E-state index contributed by atoms with van der Waals surface area (Å²) >= 11 is 3.51. The van der Waals surface area contributed by atoms with Crippen molar-refractivity contribution in [1.29, 1.82) is 0 Å². The minimum Gasteiger partial charge on any atom is -0.481 e. The molecule has 0 amide bonds. The summed E-state index contributed by atoms with van der Waals surface area (Å²) in [5.41, 5.74) is 3.22. The fraction of sp³-hybridized carbons (Fsp3) is 0.176. The maximum Gasteiger partial charge on any atom is 0.148 e. The van der Waals surface area contributed by atoms with Gasteiger partial charge in [-0.3, -0.25) is 0 Å². The highest BCUT2D eigenvalue weighted by molar-refractivity contribution is 9.12. The zero-order valence-electron chi connectivity index (χ0n) is 11.4. The molecule has 1 aromatic carbocycles. The maximum absolute atomic E-state index is 5.38. The Hall–Kier alpha value is -1.92. The number of rotatable bonds is 4. The monoisotopic (exact) mass is 329 g/mol. The van der Waals surface area contributed by atoms with E-state index in [1.54, 1.807) is 0 Å². The highest BCUT2D eigenvalue weighted by Gasteiger charge is 2.18. The topological polar surface area (TPSA) is 12.5 Å². The molecule has 0 saturated carbocycles. The van der Waals surface area contributed by atoms with Gasteiger partial charge in [-0.2, -0.15) is 0 Å². The summed E-state index contributed by atoms with van der Waals surface area (Å²) in [5, 5.41) is 0. The Labute approximate surface area is 128 Å². The average Bonchev–Trinajstić information content (AvgIpc) is 2.48. The number of benzene rings is 1. The summed E-state index contributed by atoms with van der Waals surface area (Å²) in [4.78, 5) is 2.17. The van der Waals surface area contributed by atoms with Crippen molar-refractivity contribution in [3.63, 3.8) is 0 Å². The van der Waals surface area contributed by atoms with Crippen LogP contribution in [0.5, 0.6) is 5.75 Å². The SMILES string of the molecule is C#CCOc1ccc(C2=CC=C(Br)C(=C)N2CC)cc1. The van der Waals surface area contributed by atoms with Crippen LogP contribution in [0.1, 0.15) is 12.5 Å². The van der Waals surface area contributed by atoms with Gasteiger partial charge in [-0.05, 0) is 64.8 Å². The van der Waals surface area contributed by atoms with Gasteiger partial charge in [0, 0.05) is 22.4 Å². The van der Waals surface area contributed by atoms with Crippen molar-refractivity contribution in [2.24, 2.45) is 0 Å². The average molecular weight is 330 g/mol. The Kier molecular flexibility index (Phi) is 4.70. The van der Waals surface area contributed by atoms with E-state index in [4.69, 9.17) is 11.2 Å². The van der Waals surface area contributed by atoms with E-state index >= 15 is 0 Å². The number of ether oxygens (including phenoxy) is 1. The Balaban J connectivity index is 2.26. The van der Waals surface area contributed by atoms with Gasteiger partial charge in [-0.15, -0.1) is 6.42 Å². The van der Waals surface area contributed by atoms with Gasteiger partial charge in [-0.25, -0.2) is 0 Å². The molecule has 0 radical (unpaired) electrons. The molecule has 0 fully saturated rings. The Morgan fingerprint density at radius 3 is 2.60 bits per heavy atom. The molecule has 102 valence electrons. The summed E-state index contributed by atoms with van der Waals surface area (Å²) in [6.45, 7) is 7.36. The molecule has 2 nitrogen and oxygen atoms in total. The number of hydrogen-bond acceptors (Lipinski definition) is 2. The molecule has 20 heavy (non-hydrogen) atoms. The number of nitrogens with zero attached hydrogens (tertiary/aromatic N) is 1. The minimum atomic E-state index is 0.287. The number of hydrogen-bond donors (Lipinski definition) is 0. The summed E-state index contributed by atoms with van der Waals surface area (Å²) < 4.78 is 6.39. The van der Waals surface area contributed by atoms with E-state index in [1.165, 1.54) is 0 Å². The van der Waals surface area contributed by atoms with Crippen molar-refractivity contribution < 1.29 is 4.74 Å². The van der Waals surface area contributed by atoms with E-state index in [-0.39, 0.29) is 6.61 Å². The van der Waals surface area contributed by atoms with Gasteiger partial charge >= 0.3 is 0 Å². The molecule has 2 rings (SSSR count). The Morgan fingerprint density at radius 1 is 1.30 bits per heavy atom. The lowest BCUT2D eigenvalue weighted by Crippen LogP contribution is -2.22. The molecule has 0 atom stereocenters. The zero-order chi connectivity index (χ0) is 14.5. The maximum atomic E-state index is 5.38. The quantitative estimate of drug-likeness (QED) is 0.769. The number of allylic oxidation sites excluding steroid dienone is 3. The van der Waals surface area contributed by atoms with Crippen molar-refractivity contribution in [3.05, 3.63) is 58.7 Å². The van der Waals surface area contributed by atoms with Crippen molar-refractivity contribution in [2.75, 3.05) is 13.2 Å². The third kappa shape index (κ3) is 2.97. The second-order valence-corrected chi connectivity index (χ2v) is 5.13. The first-order valence-electron chi connectivity index (χ1n) is 6.38. The smallest absolute Gasteiger partial charge is 0.148 e. The van der Waals surface area contributed by atoms with E-state index in [9.17, 15) is 0 Å². The molecular weight excluding hydrogens is 314 g/mol. The van der Waals surface area contributed by atoms with Crippen molar-refractivity contribution in [2.45, 2.75) is 6.92 Å². The second-order valence-electron chi connectivity index (χ2n) is 4.27. The molecular formula is C17H16BrNO. The van der Waals surface area contributed by atoms with E-state index in [1.807, 2.05) is 30.3 Å². The van der Waals surface area contributed by atoms with Crippen LogP contribution in [0.15, 0.2) is 53.2 Å². The van der Waals surface area contributed by atoms with Crippen LogP contribution in [0.25, 0.3) is 5.70 Å². The molecule has 3 heteroatoms. The zero-order valence-corrected chi connectivity index (χ0v) is 13.0. The van der Waals surface area contributed by atoms with Crippen LogP contribution in [0, 0.1) is 12.3 Å². The van der Waals surface area contributed by atoms with E-state index in [0.29, 0.717) is 0 Å². The van der Waals surface area contributed by atoms with Crippen LogP contribution in [0.2, 0.25) is 0 Å². The van der Waals surface area contributed by atoms with Gasteiger partial charge < -0.3 is 9.64 Å². The third-order valence-electron chi connectivity index (χ3n) is 3.07. The number of halogens is 1. The summed E-state index contributed by atoms with van der Waals surface area (Å²) in [6, 6.07) is 7.91. The molecule has 0 aliphatic carbocycles. The Bertz CT molecular complexity index is 605. The predicted molar refractivity (Wildman–Crippen MR) is 87.3 cm³/mol. The molecule has 0 saturated heterocycles. The summed E-state index contributed by atoms with van der Waals surface area (Å²) in [5.74, 6) is 3.23. The van der Waals surface area contributed by atoms with Gasteiger partial charge in [0.1, 0.15) is 12.4 Å². The minimum absolute atomic E-state index is 0.287. The van der Waals surface area contributed by atoms with Crippen LogP contribution in [-0.2, 0) is 0 Å². The van der Waals surface area contributed by atoms with Gasteiger partial charge in [-0.1, -0.05) is 12.5 Å². The standard InChI is InChI=1S/C17H16BrNO/c1-4-12-20-15-8-6-14(7-9-15)17-11-10-16(18)13(3)19(17)5-2/h1,6-11H,3,5,12H2,2H3. The lowest BCUT2D eigenvalue weighted by molar-refractivity contribution is 0.370. The first-order valence-corrected chi connectivity index (χ1v) is 7.17. The van der Waals surface area contributed by atoms with Crippen molar-refractivity contribution in [3.8, 4) is 18.1 Å². The Morgan fingerprint density at radius 2 is 2.00 bits per heavy atom. The van der Waals surface area contributed by atoms with Gasteiger partial charge in [0.15, 0.2) is 0 Å². The molecule has 0 spiro atoms. The first-order chi connectivity index (χ1) is 9.67. The molecule has 0 aromatic heterocycles.